The second kappa shape index (κ2) is 4.74. The molecule has 6 heteroatoms. The molecule has 0 aromatic carbocycles. The minimum absolute atomic E-state index is 0.550. The fourth-order valence-electron chi connectivity index (χ4n) is 1.55. The standard InChI is InChI=1S/C9H17N5S/c1-14(2)9-11-8(12-13-9)10-7-3-5-15-6-4-7/h7H,3-6H2,1-2H3,(H2,10,11,12,13). The molecular weight excluding hydrogens is 210 g/mol. The molecule has 0 aliphatic carbocycles. The molecule has 0 radical (unpaired) electrons. The van der Waals surface area contributed by atoms with E-state index in [-0.39, 0.29) is 0 Å². The smallest absolute Gasteiger partial charge is 0.245 e. The number of rotatable bonds is 3. The molecule has 2 N–H and O–H groups in total. The molecule has 0 spiro atoms. The highest BCUT2D eigenvalue weighted by atomic mass is 32.2. The first-order chi connectivity index (χ1) is 7.25. The average Bonchev–Trinajstić information content (AvgIpc) is 2.68. The van der Waals surface area contributed by atoms with Gasteiger partial charge in [-0.3, -0.25) is 0 Å². The summed E-state index contributed by atoms with van der Waals surface area (Å²) >= 11 is 2.02. The molecule has 0 bridgehead atoms. The quantitative estimate of drug-likeness (QED) is 0.812. The summed E-state index contributed by atoms with van der Waals surface area (Å²) in [6.07, 6.45) is 2.42. The minimum atomic E-state index is 0.550. The zero-order chi connectivity index (χ0) is 10.7. The number of anilines is 2. The SMILES string of the molecule is CN(C)c1n[nH]c(NC2CCSCC2)n1. The Balaban J connectivity index is 1.91. The van der Waals surface area contributed by atoms with Crippen molar-refractivity contribution < 1.29 is 0 Å². The highest BCUT2D eigenvalue weighted by Gasteiger charge is 2.15. The number of hydrogen-bond acceptors (Lipinski definition) is 5. The molecular formula is C9H17N5S. The maximum absolute atomic E-state index is 4.35. The predicted octanol–water partition coefficient (Wildman–Crippen LogP) is 1.18. The highest BCUT2D eigenvalue weighted by Crippen LogP contribution is 2.19. The van der Waals surface area contributed by atoms with E-state index in [0.717, 1.165) is 11.9 Å². The summed E-state index contributed by atoms with van der Waals surface area (Å²) in [6.45, 7) is 0. The second-order valence-electron chi connectivity index (χ2n) is 3.91. The number of thioether (sulfide) groups is 1. The molecule has 1 aliphatic heterocycles. The van der Waals surface area contributed by atoms with Gasteiger partial charge in [0.2, 0.25) is 11.9 Å². The summed E-state index contributed by atoms with van der Waals surface area (Å²) in [4.78, 5) is 6.23. The second-order valence-corrected chi connectivity index (χ2v) is 5.13. The van der Waals surface area contributed by atoms with Crippen LogP contribution in [-0.2, 0) is 0 Å². The fourth-order valence-corrected chi connectivity index (χ4v) is 2.66. The monoisotopic (exact) mass is 227 g/mol. The van der Waals surface area contributed by atoms with Gasteiger partial charge >= 0.3 is 0 Å². The third kappa shape index (κ3) is 2.77. The van der Waals surface area contributed by atoms with E-state index in [1.165, 1.54) is 24.3 Å². The molecule has 1 aliphatic rings. The van der Waals surface area contributed by atoms with Crippen LogP contribution >= 0.6 is 11.8 Å². The van der Waals surface area contributed by atoms with Crippen LogP contribution in [0.4, 0.5) is 11.9 Å². The Morgan fingerprint density at radius 2 is 2.13 bits per heavy atom. The van der Waals surface area contributed by atoms with Crippen molar-refractivity contribution in [3.8, 4) is 0 Å². The molecule has 2 heterocycles. The third-order valence-corrected chi connectivity index (χ3v) is 3.48. The van der Waals surface area contributed by atoms with Crippen LogP contribution < -0.4 is 10.2 Å². The van der Waals surface area contributed by atoms with Crippen molar-refractivity contribution in [2.75, 3.05) is 35.8 Å². The van der Waals surface area contributed by atoms with Crippen molar-refractivity contribution in [3.05, 3.63) is 0 Å². The lowest BCUT2D eigenvalue weighted by atomic mass is 10.2. The number of aromatic amines is 1. The van der Waals surface area contributed by atoms with E-state index in [2.05, 4.69) is 20.5 Å². The Bertz CT molecular complexity index is 305. The van der Waals surface area contributed by atoms with Gasteiger partial charge in [-0.1, -0.05) is 0 Å². The van der Waals surface area contributed by atoms with Gasteiger partial charge in [0.1, 0.15) is 0 Å². The number of H-pyrrole nitrogens is 1. The van der Waals surface area contributed by atoms with Crippen molar-refractivity contribution in [1.29, 1.82) is 0 Å². The lowest BCUT2D eigenvalue weighted by molar-refractivity contribution is 0.660. The first kappa shape index (κ1) is 10.6. The minimum Gasteiger partial charge on any atom is -0.352 e. The normalized spacial score (nSPS) is 17.7. The number of aromatic nitrogens is 3. The summed E-state index contributed by atoms with van der Waals surface area (Å²) in [5.41, 5.74) is 0. The van der Waals surface area contributed by atoms with Crippen LogP contribution in [0.5, 0.6) is 0 Å². The maximum Gasteiger partial charge on any atom is 0.245 e. The Morgan fingerprint density at radius 1 is 1.40 bits per heavy atom. The molecule has 0 saturated carbocycles. The zero-order valence-corrected chi connectivity index (χ0v) is 9.97. The Morgan fingerprint density at radius 3 is 2.73 bits per heavy atom. The van der Waals surface area contributed by atoms with Gasteiger partial charge in [0.15, 0.2) is 0 Å². The molecule has 84 valence electrons. The zero-order valence-electron chi connectivity index (χ0n) is 9.16. The van der Waals surface area contributed by atoms with Crippen LogP contribution in [0.15, 0.2) is 0 Å². The summed E-state index contributed by atoms with van der Waals surface area (Å²) in [7, 11) is 3.87. The molecule has 1 aromatic rings. The largest absolute Gasteiger partial charge is 0.352 e. The molecule has 1 aromatic heterocycles. The van der Waals surface area contributed by atoms with Gasteiger partial charge in [-0.05, 0) is 24.3 Å². The van der Waals surface area contributed by atoms with E-state index in [1.54, 1.807) is 0 Å². The van der Waals surface area contributed by atoms with Crippen molar-refractivity contribution in [3.63, 3.8) is 0 Å². The molecule has 2 rings (SSSR count). The molecule has 0 unspecified atom stereocenters. The van der Waals surface area contributed by atoms with Crippen LogP contribution in [0.3, 0.4) is 0 Å². The Hall–Kier alpha value is -0.910. The van der Waals surface area contributed by atoms with Gasteiger partial charge < -0.3 is 10.2 Å². The summed E-state index contributed by atoms with van der Waals surface area (Å²) in [5, 5.41) is 10.4. The van der Waals surface area contributed by atoms with E-state index in [0.29, 0.717) is 6.04 Å². The maximum atomic E-state index is 4.35. The molecule has 1 saturated heterocycles. The number of hydrogen-bond donors (Lipinski definition) is 2. The number of nitrogens with zero attached hydrogens (tertiary/aromatic N) is 3. The van der Waals surface area contributed by atoms with Crippen LogP contribution in [0, 0.1) is 0 Å². The van der Waals surface area contributed by atoms with Crippen molar-refractivity contribution in [2.45, 2.75) is 18.9 Å². The van der Waals surface area contributed by atoms with Crippen LogP contribution in [0.2, 0.25) is 0 Å². The predicted molar refractivity (Wildman–Crippen MR) is 64.7 cm³/mol. The molecule has 0 amide bonds. The lowest BCUT2D eigenvalue weighted by Crippen LogP contribution is -2.25. The Labute approximate surface area is 94.0 Å². The summed E-state index contributed by atoms with van der Waals surface area (Å²) in [5.74, 6) is 4.00. The number of nitrogens with one attached hydrogen (secondary N) is 2. The van der Waals surface area contributed by atoms with Crippen LogP contribution in [-0.4, -0.2) is 46.8 Å². The van der Waals surface area contributed by atoms with Gasteiger partial charge in [-0.15, -0.1) is 5.10 Å². The third-order valence-electron chi connectivity index (χ3n) is 2.44. The van der Waals surface area contributed by atoms with Crippen molar-refractivity contribution >= 4 is 23.7 Å². The van der Waals surface area contributed by atoms with Gasteiger partial charge in [0.05, 0.1) is 0 Å². The molecule has 15 heavy (non-hydrogen) atoms. The van der Waals surface area contributed by atoms with E-state index in [1.807, 2.05) is 30.8 Å². The van der Waals surface area contributed by atoms with Crippen molar-refractivity contribution in [2.24, 2.45) is 0 Å². The molecule has 5 nitrogen and oxygen atoms in total. The van der Waals surface area contributed by atoms with E-state index < -0.39 is 0 Å². The van der Waals surface area contributed by atoms with E-state index in [4.69, 9.17) is 0 Å². The van der Waals surface area contributed by atoms with Crippen LogP contribution in [0.1, 0.15) is 12.8 Å². The fraction of sp³-hybridized carbons (Fsp3) is 0.778. The summed E-state index contributed by atoms with van der Waals surface area (Å²) < 4.78 is 0. The first-order valence-electron chi connectivity index (χ1n) is 5.19. The van der Waals surface area contributed by atoms with E-state index >= 15 is 0 Å². The van der Waals surface area contributed by atoms with Crippen molar-refractivity contribution in [1.82, 2.24) is 15.2 Å². The van der Waals surface area contributed by atoms with Gasteiger partial charge in [0, 0.05) is 20.1 Å². The molecule has 1 fully saturated rings. The van der Waals surface area contributed by atoms with Gasteiger partial charge in [-0.25, -0.2) is 5.10 Å². The Kier molecular flexibility index (Phi) is 3.35. The van der Waals surface area contributed by atoms with Gasteiger partial charge in [0.25, 0.3) is 0 Å². The molecule has 0 atom stereocenters. The van der Waals surface area contributed by atoms with Crippen LogP contribution in [0.25, 0.3) is 0 Å². The average molecular weight is 227 g/mol. The summed E-state index contributed by atoms with van der Waals surface area (Å²) in [6, 6.07) is 0.550. The topological polar surface area (TPSA) is 56.8 Å². The highest BCUT2D eigenvalue weighted by molar-refractivity contribution is 7.99. The lowest BCUT2D eigenvalue weighted by Gasteiger charge is -2.21. The van der Waals surface area contributed by atoms with Gasteiger partial charge in [-0.2, -0.15) is 16.7 Å². The van der Waals surface area contributed by atoms with E-state index in [9.17, 15) is 0 Å². The first-order valence-corrected chi connectivity index (χ1v) is 6.35.